The van der Waals surface area contributed by atoms with E-state index >= 15 is 0 Å². The molecule has 0 saturated heterocycles. The van der Waals surface area contributed by atoms with Gasteiger partial charge in [0.2, 0.25) is 0 Å². The highest BCUT2D eigenvalue weighted by atomic mass is 16.5. The number of benzene rings is 1. The Morgan fingerprint density at radius 3 is 2.94 bits per heavy atom. The number of fused-ring (bicyclic) bond motifs is 1. The Labute approximate surface area is 100 Å². The minimum absolute atomic E-state index is 0.234. The van der Waals surface area contributed by atoms with Crippen LogP contribution in [-0.2, 0) is 22.6 Å². The standard InChI is InChI=1S/C13H16N2O2/c1-14-8-10-3-4-12-11(7-10)5-6-15(12)9-13(16)17-2/h3-7,14H,8-9H2,1-2H3. The van der Waals surface area contributed by atoms with E-state index in [9.17, 15) is 4.79 Å². The van der Waals surface area contributed by atoms with Crippen molar-refractivity contribution in [2.75, 3.05) is 14.2 Å². The average Bonchev–Trinajstić information content (AvgIpc) is 2.72. The summed E-state index contributed by atoms with van der Waals surface area (Å²) < 4.78 is 6.56. The van der Waals surface area contributed by atoms with Crippen LogP contribution in [0.1, 0.15) is 5.56 Å². The molecular formula is C13H16N2O2. The number of rotatable bonds is 4. The highest BCUT2D eigenvalue weighted by molar-refractivity contribution is 5.82. The number of methoxy groups -OCH3 is 1. The topological polar surface area (TPSA) is 43.3 Å². The molecule has 4 nitrogen and oxygen atoms in total. The summed E-state index contributed by atoms with van der Waals surface area (Å²) in [6, 6.07) is 8.23. The summed E-state index contributed by atoms with van der Waals surface area (Å²) >= 11 is 0. The summed E-state index contributed by atoms with van der Waals surface area (Å²) in [5.41, 5.74) is 2.28. The van der Waals surface area contributed by atoms with Gasteiger partial charge in [0.05, 0.1) is 7.11 Å². The van der Waals surface area contributed by atoms with Crippen molar-refractivity contribution in [3.05, 3.63) is 36.0 Å². The molecule has 0 aliphatic heterocycles. The first-order chi connectivity index (χ1) is 8.24. The lowest BCUT2D eigenvalue weighted by atomic mass is 10.1. The number of esters is 1. The molecule has 1 aromatic heterocycles. The summed E-state index contributed by atoms with van der Waals surface area (Å²) in [6.45, 7) is 1.10. The van der Waals surface area contributed by atoms with E-state index in [0.717, 1.165) is 17.4 Å². The molecule has 0 fully saturated rings. The van der Waals surface area contributed by atoms with Crippen LogP contribution >= 0.6 is 0 Å². The Bertz CT molecular complexity index is 531. The van der Waals surface area contributed by atoms with Gasteiger partial charge in [0.1, 0.15) is 6.54 Å². The average molecular weight is 232 g/mol. The molecule has 0 atom stereocenters. The third-order valence-electron chi connectivity index (χ3n) is 2.74. The summed E-state index contributed by atoms with van der Waals surface area (Å²) in [5, 5.41) is 4.26. The molecule has 0 unspecified atom stereocenters. The number of aromatic nitrogens is 1. The fourth-order valence-electron chi connectivity index (χ4n) is 1.91. The quantitative estimate of drug-likeness (QED) is 0.813. The first-order valence-corrected chi connectivity index (χ1v) is 5.54. The van der Waals surface area contributed by atoms with Gasteiger partial charge < -0.3 is 14.6 Å². The Kier molecular flexibility index (Phi) is 3.44. The van der Waals surface area contributed by atoms with Crippen LogP contribution in [-0.4, -0.2) is 24.7 Å². The van der Waals surface area contributed by atoms with Crippen molar-refractivity contribution in [2.45, 2.75) is 13.1 Å². The van der Waals surface area contributed by atoms with Crippen molar-refractivity contribution in [2.24, 2.45) is 0 Å². The van der Waals surface area contributed by atoms with Gasteiger partial charge in [-0.1, -0.05) is 6.07 Å². The number of hydrogen-bond acceptors (Lipinski definition) is 3. The molecule has 0 aliphatic rings. The van der Waals surface area contributed by atoms with E-state index in [1.807, 2.05) is 29.9 Å². The number of nitrogens with one attached hydrogen (secondary N) is 1. The van der Waals surface area contributed by atoms with E-state index in [-0.39, 0.29) is 12.5 Å². The zero-order chi connectivity index (χ0) is 12.3. The lowest BCUT2D eigenvalue weighted by molar-refractivity contribution is -0.141. The van der Waals surface area contributed by atoms with Crippen molar-refractivity contribution >= 4 is 16.9 Å². The molecule has 1 N–H and O–H groups in total. The van der Waals surface area contributed by atoms with Crippen molar-refractivity contribution in [3.63, 3.8) is 0 Å². The van der Waals surface area contributed by atoms with E-state index < -0.39 is 0 Å². The summed E-state index contributed by atoms with van der Waals surface area (Å²) in [5.74, 6) is -0.234. The smallest absolute Gasteiger partial charge is 0.325 e. The van der Waals surface area contributed by atoms with E-state index in [0.29, 0.717) is 0 Å². The predicted octanol–water partition coefficient (Wildman–Crippen LogP) is 1.53. The Hall–Kier alpha value is -1.81. The van der Waals surface area contributed by atoms with E-state index in [2.05, 4.69) is 22.2 Å². The molecule has 17 heavy (non-hydrogen) atoms. The number of hydrogen-bond donors (Lipinski definition) is 1. The van der Waals surface area contributed by atoms with Crippen molar-refractivity contribution in [1.29, 1.82) is 0 Å². The maximum absolute atomic E-state index is 11.2. The van der Waals surface area contributed by atoms with Crippen LogP contribution in [0.4, 0.5) is 0 Å². The zero-order valence-corrected chi connectivity index (χ0v) is 10.1. The molecule has 4 heteroatoms. The molecular weight excluding hydrogens is 216 g/mol. The number of ether oxygens (including phenoxy) is 1. The van der Waals surface area contributed by atoms with Gasteiger partial charge in [0.25, 0.3) is 0 Å². The summed E-state index contributed by atoms with van der Waals surface area (Å²) in [6.07, 6.45) is 1.91. The Morgan fingerprint density at radius 1 is 1.41 bits per heavy atom. The second-order valence-corrected chi connectivity index (χ2v) is 3.94. The van der Waals surface area contributed by atoms with E-state index in [1.165, 1.54) is 12.7 Å². The fourth-order valence-corrected chi connectivity index (χ4v) is 1.91. The van der Waals surface area contributed by atoms with Crippen LogP contribution in [0.5, 0.6) is 0 Å². The predicted molar refractivity (Wildman–Crippen MR) is 66.7 cm³/mol. The minimum atomic E-state index is -0.234. The minimum Gasteiger partial charge on any atom is -0.468 e. The normalized spacial score (nSPS) is 10.7. The van der Waals surface area contributed by atoms with Crippen LogP contribution in [0, 0.1) is 0 Å². The Balaban J connectivity index is 2.31. The van der Waals surface area contributed by atoms with E-state index in [4.69, 9.17) is 0 Å². The summed E-state index contributed by atoms with van der Waals surface area (Å²) in [4.78, 5) is 11.2. The molecule has 0 aliphatic carbocycles. The van der Waals surface area contributed by atoms with Gasteiger partial charge in [-0.05, 0) is 36.2 Å². The Morgan fingerprint density at radius 2 is 2.24 bits per heavy atom. The number of carbonyl (C=O) groups excluding carboxylic acids is 1. The third kappa shape index (κ3) is 2.47. The maximum Gasteiger partial charge on any atom is 0.325 e. The second-order valence-electron chi connectivity index (χ2n) is 3.94. The van der Waals surface area contributed by atoms with Crippen LogP contribution in [0.3, 0.4) is 0 Å². The number of carbonyl (C=O) groups is 1. The van der Waals surface area contributed by atoms with Crippen LogP contribution < -0.4 is 5.32 Å². The lowest BCUT2D eigenvalue weighted by Crippen LogP contribution is -2.10. The maximum atomic E-state index is 11.2. The monoisotopic (exact) mass is 232 g/mol. The van der Waals surface area contributed by atoms with Gasteiger partial charge in [-0.2, -0.15) is 0 Å². The van der Waals surface area contributed by atoms with Crippen molar-refractivity contribution in [1.82, 2.24) is 9.88 Å². The largest absolute Gasteiger partial charge is 0.468 e. The highest BCUT2D eigenvalue weighted by Gasteiger charge is 2.06. The first-order valence-electron chi connectivity index (χ1n) is 5.54. The highest BCUT2D eigenvalue weighted by Crippen LogP contribution is 2.17. The summed E-state index contributed by atoms with van der Waals surface area (Å²) in [7, 11) is 3.33. The van der Waals surface area contributed by atoms with Crippen molar-refractivity contribution in [3.8, 4) is 0 Å². The molecule has 0 radical (unpaired) electrons. The van der Waals surface area contributed by atoms with Gasteiger partial charge >= 0.3 is 5.97 Å². The molecule has 1 heterocycles. The van der Waals surface area contributed by atoms with Crippen LogP contribution in [0.15, 0.2) is 30.5 Å². The van der Waals surface area contributed by atoms with E-state index in [1.54, 1.807) is 0 Å². The molecule has 0 saturated carbocycles. The van der Waals surface area contributed by atoms with Gasteiger partial charge in [-0.15, -0.1) is 0 Å². The molecule has 0 spiro atoms. The second kappa shape index (κ2) is 5.01. The molecule has 0 bridgehead atoms. The molecule has 90 valence electrons. The fraction of sp³-hybridized carbons (Fsp3) is 0.308. The van der Waals surface area contributed by atoms with Gasteiger partial charge in [-0.3, -0.25) is 4.79 Å². The van der Waals surface area contributed by atoms with Gasteiger partial charge in [-0.25, -0.2) is 0 Å². The number of nitrogens with zero attached hydrogens (tertiary/aromatic N) is 1. The molecule has 1 aromatic carbocycles. The first kappa shape index (κ1) is 11.7. The lowest BCUT2D eigenvalue weighted by Gasteiger charge is -2.05. The van der Waals surface area contributed by atoms with Crippen molar-refractivity contribution < 1.29 is 9.53 Å². The third-order valence-corrected chi connectivity index (χ3v) is 2.74. The SMILES string of the molecule is CNCc1ccc2c(ccn2CC(=O)OC)c1. The van der Waals surface area contributed by atoms with Gasteiger partial charge in [0, 0.05) is 18.3 Å². The molecule has 0 amide bonds. The van der Waals surface area contributed by atoms with Crippen LogP contribution in [0.25, 0.3) is 10.9 Å². The van der Waals surface area contributed by atoms with Crippen LogP contribution in [0.2, 0.25) is 0 Å². The molecule has 2 aromatic rings. The zero-order valence-electron chi connectivity index (χ0n) is 10.1. The molecule has 2 rings (SSSR count). The van der Waals surface area contributed by atoms with Gasteiger partial charge in [0.15, 0.2) is 0 Å².